The monoisotopic (exact) mass is 215 g/mol. The van der Waals surface area contributed by atoms with Crippen molar-refractivity contribution in [3.8, 4) is 5.75 Å². The van der Waals surface area contributed by atoms with Crippen molar-refractivity contribution in [2.24, 2.45) is 0 Å². The fourth-order valence-electron chi connectivity index (χ4n) is 0.995. The van der Waals surface area contributed by atoms with Crippen molar-refractivity contribution in [3.05, 3.63) is 0 Å². The molecule has 0 atom stereocenters. The molecule has 1 aromatic rings. The van der Waals surface area contributed by atoms with Gasteiger partial charge in [-0.2, -0.15) is 4.37 Å². The molecule has 14 heavy (non-hydrogen) atoms. The quantitative estimate of drug-likeness (QED) is 0.791. The van der Waals surface area contributed by atoms with Crippen LogP contribution in [-0.4, -0.2) is 17.0 Å². The lowest BCUT2D eigenvalue weighted by Crippen LogP contribution is -2.08. The summed E-state index contributed by atoms with van der Waals surface area (Å²) < 4.78 is 9.63. The summed E-state index contributed by atoms with van der Waals surface area (Å²) in [6.45, 7) is 6.97. The maximum Gasteiger partial charge on any atom is 0.197 e. The van der Waals surface area contributed by atoms with Crippen LogP contribution in [0.2, 0.25) is 0 Å². The molecule has 80 valence electrons. The van der Waals surface area contributed by atoms with E-state index in [1.54, 1.807) is 0 Å². The van der Waals surface area contributed by atoms with Gasteiger partial charge in [0.2, 0.25) is 0 Å². The van der Waals surface area contributed by atoms with Gasteiger partial charge in [0.15, 0.2) is 16.6 Å². The van der Waals surface area contributed by atoms with Crippen LogP contribution in [0.25, 0.3) is 0 Å². The highest BCUT2D eigenvalue weighted by Crippen LogP contribution is 2.35. The summed E-state index contributed by atoms with van der Waals surface area (Å²) in [5.74, 6) is 1.17. The van der Waals surface area contributed by atoms with Crippen LogP contribution in [0.1, 0.15) is 27.2 Å². The number of hydrogen-bond acceptors (Lipinski definition) is 5. The van der Waals surface area contributed by atoms with Crippen molar-refractivity contribution in [1.82, 2.24) is 4.37 Å². The third-order valence-electron chi connectivity index (χ3n) is 1.56. The molecule has 1 rings (SSSR count). The van der Waals surface area contributed by atoms with E-state index in [4.69, 9.17) is 10.5 Å². The van der Waals surface area contributed by atoms with Crippen molar-refractivity contribution in [2.45, 2.75) is 33.3 Å². The molecule has 1 aromatic heterocycles. The Labute approximate surface area is 88.6 Å². The van der Waals surface area contributed by atoms with Gasteiger partial charge in [0.05, 0.1) is 6.10 Å². The largest absolute Gasteiger partial charge is 0.484 e. The highest BCUT2D eigenvalue weighted by Gasteiger charge is 2.13. The van der Waals surface area contributed by atoms with Crippen LogP contribution in [-0.2, 0) is 0 Å². The number of nitrogen functional groups attached to an aromatic ring is 1. The molecule has 0 aliphatic carbocycles. The standard InChI is InChI=1S/C9H17N3OS/c1-4-5-11-9-7(13-6(2)3)8(10)12-14-9/h6,11H,4-5H2,1-3H3,(H2,10,12). The zero-order valence-corrected chi connectivity index (χ0v) is 9.65. The fraction of sp³-hybridized carbons (Fsp3) is 0.667. The highest BCUT2D eigenvalue weighted by atomic mass is 32.1. The van der Waals surface area contributed by atoms with Gasteiger partial charge in [0.1, 0.15) is 0 Å². The molecule has 0 aliphatic rings. The van der Waals surface area contributed by atoms with Crippen LogP contribution in [0.3, 0.4) is 0 Å². The number of aromatic nitrogens is 1. The van der Waals surface area contributed by atoms with Crippen molar-refractivity contribution in [2.75, 3.05) is 17.6 Å². The molecule has 0 unspecified atom stereocenters. The minimum absolute atomic E-state index is 0.121. The van der Waals surface area contributed by atoms with E-state index < -0.39 is 0 Å². The molecule has 0 spiro atoms. The van der Waals surface area contributed by atoms with Gasteiger partial charge in [-0.15, -0.1) is 0 Å². The van der Waals surface area contributed by atoms with E-state index in [0.29, 0.717) is 11.6 Å². The molecular formula is C9H17N3OS. The number of nitrogens with two attached hydrogens (primary N) is 1. The van der Waals surface area contributed by atoms with Crippen LogP contribution in [0.4, 0.5) is 10.8 Å². The van der Waals surface area contributed by atoms with E-state index in [-0.39, 0.29) is 6.10 Å². The van der Waals surface area contributed by atoms with Crippen LogP contribution in [0.15, 0.2) is 0 Å². The molecule has 0 fully saturated rings. The van der Waals surface area contributed by atoms with Crippen molar-refractivity contribution in [1.29, 1.82) is 0 Å². The Morgan fingerprint density at radius 1 is 1.57 bits per heavy atom. The lowest BCUT2D eigenvalue weighted by Gasteiger charge is -2.10. The Morgan fingerprint density at radius 2 is 2.29 bits per heavy atom. The Kier molecular flexibility index (Phi) is 4.00. The second-order valence-electron chi connectivity index (χ2n) is 3.32. The summed E-state index contributed by atoms with van der Waals surface area (Å²) in [5, 5.41) is 4.17. The summed E-state index contributed by atoms with van der Waals surface area (Å²) in [6, 6.07) is 0. The average Bonchev–Trinajstić information content (AvgIpc) is 2.45. The summed E-state index contributed by atoms with van der Waals surface area (Å²) >= 11 is 1.35. The summed E-state index contributed by atoms with van der Waals surface area (Å²) in [4.78, 5) is 0. The maximum absolute atomic E-state index is 5.70. The summed E-state index contributed by atoms with van der Waals surface area (Å²) in [6.07, 6.45) is 1.19. The van der Waals surface area contributed by atoms with Gasteiger partial charge in [-0.3, -0.25) is 0 Å². The van der Waals surface area contributed by atoms with E-state index in [1.165, 1.54) is 11.5 Å². The fourth-order valence-corrected chi connectivity index (χ4v) is 1.67. The topological polar surface area (TPSA) is 60.2 Å². The van der Waals surface area contributed by atoms with Crippen molar-refractivity contribution in [3.63, 3.8) is 0 Å². The average molecular weight is 215 g/mol. The molecule has 1 heterocycles. The molecule has 0 radical (unpaired) electrons. The lowest BCUT2D eigenvalue weighted by molar-refractivity contribution is 0.245. The van der Waals surface area contributed by atoms with Gasteiger partial charge in [-0.25, -0.2) is 0 Å². The molecule has 0 saturated heterocycles. The zero-order valence-electron chi connectivity index (χ0n) is 8.83. The maximum atomic E-state index is 5.70. The van der Waals surface area contributed by atoms with Crippen molar-refractivity contribution >= 4 is 22.4 Å². The minimum atomic E-state index is 0.121. The highest BCUT2D eigenvalue weighted by molar-refractivity contribution is 7.11. The zero-order chi connectivity index (χ0) is 10.6. The molecule has 5 heteroatoms. The third-order valence-corrected chi connectivity index (χ3v) is 2.36. The molecule has 0 saturated carbocycles. The van der Waals surface area contributed by atoms with E-state index in [2.05, 4.69) is 16.6 Å². The first kappa shape index (κ1) is 11.1. The predicted octanol–water partition coefficient (Wildman–Crippen LogP) is 2.33. The van der Waals surface area contributed by atoms with Gasteiger partial charge in [-0.05, 0) is 31.8 Å². The van der Waals surface area contributed by atoms with Crippen LogP contribution < -0.4 is 15.8 Å². The first-order chi connectivity index (χ1) is 6.65. The molecule has 0 bridgehead atoms. The first-order valence-electron chi connectivity index (χ1n) is 4.80. The first-order valence-corrected chi connectivity index (χ1v) is 5.58. The van der Waals surface area contributed by atoms with Gasteiger partial charge in [0.25, 0.3) is 0 Å². The van der Waals surface area contributed by atoms with Crippen LogP contribution in [0, 0.1) is 0 Å². The number of hydrogen-bond donors (Lipinski definition) is 2. The van der Waals surface area contributed by atoms with Crippen LogP contribution >= 0.6 is 11.5 Å². The number of anilines is 2. The normalized spacial score (nSPS) is 10.6. The van der Waals surface area contributed by atoms with Gasteiger partial charge in [-0.1, -0.05) is 6.92 Å². The number of ether oxygens (including phenoxy) is 1. The number of rotatable bonds is 5. The van der Waals surface area contributed by atoms with Gasteiger partial charge in [0, 0.05) is 6.54 Å². The van der Waals surface area contributed by atoms with Crippen molar-refractivity contribution < 1.29 is 4.74 Å². The second-order valence-corrected chi connectivity index (χ2v) is 4.09. The third kappa shape index (κ3) is 2.77. The number of nitrogens with one attached hydrogen (secondary N) is 1. The SMILES string of the molecule is CCCNc1snc(N)c1OC(C)C. The van der Waals surface area contributed by atoms with E-state index >= 15 is 0 Å². The minimum Gasteiger partial charge on any atom is -0.484 e. The van der Waals surface area contributed by atoms with Crippen LogP contribution in [0.5, 0.6) is 5.75 Å². The van der Waals surface area contributed by atoms with E-state index in [1.807, 2.05) is 13.8 Å². The Balaban J connectivity index is 2.72. The van der Waals surface area contributed by atoms with Gasteiger partial charge < -0.3 is 15.8 Å². The molecule has 3 N–H and O–H groups in total. The van der Waals surface area contributed by atoms with E-state index in [0.717, 1.165) is 18.0 Å². The number of nitrogens with zero attached hydrogens (tertiary/aromatic N) is 1. The molecule has 0 aliphatic heterocycles. The lowest BCUT2D eigenvalue weighted by atomic mass is 10.4. The Morgan fingerprint density at radius 3 is 2.86 bits per heavy atom. The Bertz CT molecular complexity index is 286. The Hall–Kier alpha value is -0.970. The predicted molar refractivity (Wildman–Crippen MR) is 61.1 cm³/mol. The van der Waals surface area contributed by atoms with E-state index in [9.17, 15) is 0 Å². The smallest absolute Gasteiger partial charge is 0.197 e. The molecular weight excluding hydrogens is 198 g/mol. The van der Waals surface area contributed by atoms with Gasteiger partial charge >= 0.3 is 0 Å². The summed E-state index contributed by atoms with van der Waals surface area (Å²) in [7, 11) is 0. The molecule has 0 amide bonds. The summed E-state index contributed by atoms with van der Waals surface area (Å²) in [5.41, 5.74) is 5.70. The second kappa shape index (κ2) is 5.05. The molecule has 0 aromatic carbocycles. The molecule has 4 nitrogen and oxygen atoms in total.